The molecular formula is C50H63Cl4N9O4. The van der Waals surface area contributed by atoms with E-state index in [4.69, 9.17) is 16.3 Å². The number of aromatic nitrogens is 3. The Morgan fingerprint density at radius 1 is 0.463 bits per heavy atom. The lowest BCUT2D eigenvalue weighted by molar-refractivity contribution is 0.0764. The first-order valence-electron chi connectivity index (χ1n) is 21.5. The van der Waals surface area contributed by atoms with E-state index in [1.807, 2.05) is 126 Å². The van der Waals surface area contributed by atoms with Gasteiger partial charge in [-0.25, -0.2) is 15.0 Å². The van der Waals surface area contributed by atoms with Crippen molar-refractivity contribution < 1.29 is 19.1 Å². The molecule has 3 N–H and O–H groups in total. The van der Waals surface area contributed by atoms with Crippen molar-refractivity contribution in [2.24, 2.45) is 0 Å². The van der Waals surface area contributed by atoms with Gasteiger partial charge in [0.25, 0.3) is 17.7 Å². The van der Waals surface area contributed by atoms with Crippen LogP contribution < -0.4 is 20.7 Å². The van der Waals surface area contributed by atoms with E-state index >= 15 is 0 Å². The van der Waals surface area contributed by atoms with Crippen molar-refractivity contribution in [3.63, 3.8) is 0 Å². The molecule has 0 spiro atoms. The van der Waals surface area contributed by atoms with Gasteiger partial charge in [0.05, 0.1) is 23.8 Å². The number of amides is 3. The summed E-state index contributed by atoms with van der Waals surface area (Å²) in [5, 5.41) is 10.3. The van der Waals surface area contributed by atoms with E-state index in [2.05, 4.69) is 37.8 Å². The third-order valence-corrected chi connectivity index (χ3v) is 10.2. The van der Waals surface area contributed by atoms with Crippen LogP contribution in [0.4, 0.5) is 34.5 Å². The second-order valence-electron chi connectivity index (χ2n) is 14.2. The number of halogens is 4. The summed E-state index contributed by atoms with van der Waals surface area (Å²) in [7, 11) is 1.63. The van der Waals surface area contributed by atoms with Gasteiger partial charge in [0.2, 0.25) is 0 Å². The zero-order chi connectivity index (χ0) is 46.4. The number of nitrogens with one attached hydrogen (secondary N) is 3. The van der Waals surface area contributed by atoms with Gasteiger partial charge in [-0.3, -0.25) is 14.4 Å². The largest absolute Gasteiger partial charge is 0.497 e. The smallest absolute Gasteiger partial charge is 0.255 e. The molecule has 0 unspecified atom stereocenters. The Kier molecular flexibility index (Phi) is 27.2. The van der Waals surface area contributed by atoms with Gasteiger partial charge >= 0.3 is 0 Å². The van der Waals surface area contributed by atoms with Crippen LogP contribution in [0.25, 0.3) is 0 Å². The van der Waals surface area contributed by atoms with Gasteiger partial charge in [-0.05, 0) is 146 Å². The number of aryl methyl sites for hydroxylation is 1. The Morgan fingerprint density at radius 2 is 0.746 bits per heavy atom. The fourth-order valence-corrected chi connectivity index (χ4v) is 6.28. The van der Waals surface area contributed by atoms with E-state index in [1.54, 1.807) is 64.7 Å². The molecule has 13 nitrogen and oxygen atoms in total. The monoisotopic (exact) mass is 993 g/mol. The topological polar surface area (TPSA) is 145 Å². The van der Waals surface area contributed by atoms with Gasteiger partial charge in [-0.2, -0.15) is 0 Å². The van der Waals surface area contributed by atoms with Crippen LogP contribution in [-0.2, 0) is 0 Å². The van der Waals surface area contributed by atoms with E-state index in [1.165, 1.54) is 5.56 Å². The Labute approximate surface area is 419 Å². The molecule has 0 radical (unpaired) electrons. The normalized spacial score (nSPS) is 9.75. The molecule has 6 rings (SSSR count). The predicted molar refractivity (Wildman–Crippen MR) is 282 cm³/mol. The predicted octanol–water partition coefficient (Wildman–Crippen LogP) is 12.2. The van der Waals surface area contributed by atoms with Crippen LogP contribution in [0.5, 0.6) is 5.75 Å². The lowest BCUT2D eigenvalue weighted by Crippen LogP contribution is -2.30. The average molecular weight is 996 g/mol. The third kappa shape index (κ3) is 18.6. The van der Waals surface area contributed by atoms with Crippen LogP contribution >= 0.6 is 48.8 Å². The molecule has 3 aromatic heterocycles. The number of hydrogen-bond donors (Lipinski definition) is 3. The Morgan fingerprint density at radius 3 is 1.00 bits per heavy atom. The minimum atomic E-state index is 0. The Bertz CT molecular complexity index is 2220. The number of pyridine rings is 3. The first-order chi connectivity index (χ1) is 30.9. The summed E-state index contributed by atoms with van der Waals surface area (Å²) in [5.41, 5.74) is 5.83. The molecule has 0 aliphatic rings. The minimum Gasteiger partial charge on any atom is -0.497 e. The van der Waals surface area contributed by atoms with Crippen LogP contribution in [0.15, 0.2) is 128 Å². The summed E-state index contributed by atoms with van der Waals surface area (Å²) >= 11 is 5.84. The molecule has 0 atom stereocenters. The van der Waals surface area contributed by atoms with Crippen molar-refractivity contribution >= 4 is 101 Å². The molecule has 3 heterocycles. The van der Waals surface area contributed by atoms with Crippen molar-refractivity contribution in [1.82, 2.24) is 29.7 Å². The van der Waals surface area contributed by atoms with Crippen LogP contribution in [0, 0.1) is 6.92 Å². The van der Waals surface area contributed by atoms with Crippen molar-refractivity contribution in [3.05, 3.63) is 155 Å². The lowest BCUT2D eigenvalue weighted by atomic mass is 10.2. The summed E-state index contributed by atoms with van der Waals surface area (Å²) in [6.45, 7) is 18.1. The molecule has 67 heavy (non-hydrogen) atoms. The molecule has 3 aromatic carbocycles. The lowest BCUT2D eigenvalue weighted by Gasteiger charge is -2.18. The van der Waals surface area contributed by atoms with Crippen LogP contribution in [0.1, 0.15) is 78.2 Å². The molecule has 6 aromatic rings. The molecule has 3 amide bonds. The van der Waals surface area contributed by atoms with Crippen LogP contribution in [0.3, 0.4) is 0 Å². The minimum absolute atomic E-state index is 0. The van der Waals surface area contributed by atoms with Gasteiger partial charge in [0.1, 0.15) is 23.2 Å². The maximum Gasteiger partial charge on any atom is 0.255 e. The molecule has 0 aliphatic carbocycles. The number of anilines is 6. The Hall–Kier alpha value is -6.12. The highest BCUT2D eigenvalue weighted by atomic mass is 35.5. The second kappa shape index (κ2) is 31.0. The van der Waals surface area contributed by atoms with Gasteiger partial charge in [-0.15, -0.1) is 37.2 Å². The van der Waals surface area contributed by atoms with Gasteiger partial charge in [0.15, 0.2) is 0 Å². The zero-order valence-corrected chi connectivity index (χ0v) is 42.5. The maximum absolute atomic E-state index is 12.2. The fraction of sp³-hybridized carbons (Fsp3) is 0.280. The Balaban J connectivity index is 0.000000492. The third-order valence-electron chi connectivity index (χ3n) is 9.99. The molecule has 17 heteroatoms. The summed E-state index contributed by atoms with van der Waals surface area (Å²) in [6.07, 6.45) is 4.82. The first kappa shape index (κ1) is 58.9. The van der Waals surface area contributed by atoms with E-state index in [-0.39, 0.29) is 54.9 Å². The van der Waals surface area contributed by atoms with E-state index < -0.39 is 0 Å². The molecule has 0 saturated heterocycles. The maximum atomic E-state index is 12.2. The number of methoxy groups -OCH3 is 1. The number of benzene rings is 3. The highest BCUT2D eigenvalue weighted by Gasteiger charge is 2.15. The number of rotatable bonds is 16. The van der Waals surface area contributed by atoms with Gasteiger partial charge in [0, 0.05) is 79.9 Å². The van der Waals surface area contributed by atoms with Crippen LogP contribution in [-0.4, -0.2) is 93.8 Å². The summed E-state index contributed by atoms with van der Waals surface area (Å²) in [5.74, 6) is 2.96. The fourth-order valence-electron chi connectivity index (χ4n) is 6.15. The zero-order valence-electron chi connectivity index (χ0n) is 39.3. The molecule has 0 fully saturated rings. The molecule has 0 aliphatic heterocycles. The molecule has 0 saturated carbocycles. The summed E-state index contributed by atoms with van der Waals surface area (Å²) in [6, 6.07) is 33.9. The molecule has 360 valence electrons. The quantitative estimate of drug-likeness (QED) is 0.0857. The standard InChI is InChI=1S/C17H21N3O2.C17H21N3O.C16H18ClN3O.3ClH/c1-4-20(5-2)17(21)13-6-11-16(18-12-13)19-14-7-9-15(22-3)10-8-14;1-4-20(5-2)17(21)14-8-11-16(18-12-14)19-15-9-6-13(3)7-10-15;1-3-20(4-2)16(21)12-5-10-15(18-11-12)19-14-8-6-13(17)7-9-14;;;/h6-12H,4-5H2,1-3H3,(H,18,19);6-12H,4-5H2,1-3H3,(H,18,19);5-11H,3-4H2,1-2H3,(H,18,19);3*1H. The van der Waals surface area contributed by atoms with Crippen molar-refractivity contribution in [2.75, 3.05) is 62.3 Å². The second-order valence-corrected chi connectivity index (χ2v) is 14.6. The van der Waals surface area contributed by atoms with Gasteiger partial charge in [-0.1, -0.05) is 29.3 Å². The highest BCUT2D eigenvalue weighted by Crippen LogP contribution is 2.21. The first-order valence-corrected chi connectivity index (χ1v) is 21.9. The van der Waals surface area contributed by atoms with E-state index in [9.17, 15) is 14.4 Å². The summed E-state index contributed by atoms with van der Waals surface area (Å²) < 4.78 is 5.12. The molecule has 0 bridgehead atoms. The number of hydrogen-bond acceptors (Lipinski definition) is 10. The van der Waals surface area contributed by atoms with Crippen molar-refractivity contribution in [1.29, 1.82) is 0 Å². The van der Waals surface area contributed by atoms with Crippen LogP contribution in [0.2, 0.25) is 5.02 Å². The summed E-state index contributed by atoms with van der Waals surface area (Å²) in [4.78, 5) is 54.7. The number of ether oxygens (including phenoxy) is 1. The number of carbonyl (C=O) groups excluding carboxylic acids is 3. The van der Waals surface area contributed by atoms with Crippen molar-refractivity contribution in [3.8, 4) is 5.75 Å². The van der Waals surface area contributed by atoms with E-state index in [0.717, 1.165) is 28.6 Å². The highest BCUT2D eigenvalue weighted by molar-refractivity contribution is 6.30. The number of nitrogens with zero attached hydrogens (tertiary/aromatic N) is 6. The van der Waals surface area contributed by atoms with Crippen molar-refractivity contribution in [2.45, 2.75) is 48.5 Å². The van der Waals surface area contributed by atoms with E-state index in [0.29, 0.717) is 72.6 Å². The SMILES string of the molecule is CCN(CC)C(=O)c1ccc(Nc2ccc(C)cc2)nc1.CCN(CC)C(=O)c1ccc(Nc2ccc(Cl)cc2)nc1.CCN(CC)C(=O)c1ccc(Nc2ccc(OC)cc2)nc1.Cl.Cl.Cl. The van der Waals surface area contributed by atoms with Gasteiger partial charge < -0.3 is 35.4 Å². The number of carbonyl (C=O) groups is 3. The molecular weight excluding hydrogens is 932 g/mol. The average Bonchev–Trinajstić information content (AvgIpc) is 3.33.